The Kier molecular flexibility index (Phi) is 10.6. The molecule has 2 N–H and O–H groups in total. The predicted octanol–water partition coefficient (Wildman–Crippen LogP) is 6.69. The summed E-state index contributed by atoms with van der Waals surface area (Å²) in [6, 6.07) is 14.4. The molecule has 0 saturated heterocycles. The number of amides is 2. The maximum Gasteiger partial charge on any atom is 0.240 e. The molecule has 4 aromatic rings. The van der Waals surface area contributed by atoms with Crippen LogP contribution >= 0.6 is 12.6 Å². The van der Waals surface area contributed by atoms with Crippen LogP contribution in [0.4, 0.5) is 20.2 Å². The van der Waals surface area contributed by atoms with Gasteiger partial charge in [-0.3, -0.25) is 14.6 Å². The summed E-state index contributed by atoms with van der Waals surface area (Å²) in [5, 5.41) is 5.88. The van der Waals surface area contributed by atoms with Crippen LogP contribution in [0.2, 0.25) is 0 Å². The third-order valence-electron chi connectivity index (χ3n) is 7.76. The van der Waals surface area contributed by atoms with Gasteiger partial charge in [0.25, 0.3) is 0 Å². The van der Waals surface area contributed by atoms with Crippen molar-refractivity contribution in [2.24, 2.45) is 5.41 Å². The predicted molar refractivity (Wildman–Crippen MR) is 176 cm³/mol. The number of thiol groups is 1. The van der Waals surface area contributed by atoms with E-state index < -0.39 is 28.9 Å². The fraction of sp³-hybridized carbons (Fsp3) is 0.324. The van der Waals surface area contributed by atoms with Gasteiger partial charge in [-0.25, -0.2) is 8.78 Å². The van der Waals surface area contributed by atoms with E-state index in [4.69, 9.17) is 14.2 Å². The maximum absolute atomic E-state index is 15.2. The SMILES string of the molecule is COc1cc2c(Oc3ccc(NC(=O)C4(C(=O)Nc5ccc(F)cc5)CC4)cc3F)ccnc2cc1OCCCN(C)CCCS. The Morgan fingerprint density at radius 1 is 0.891 bits per heavy atom. The maximum atomic E-state index is 15.2. The van der Waals surface area contributed by atoms with Crippen LogP contribution in [0.1, 0.15) is 25.7 Å². The quantitative estimate of drug-likeness (QED) is 0.0749. The third-order valence-corrected chi connectivity index (χ3v) is 8.07. The first kappa shape index (κ1) is 33.0. The molecule has 0 spiro atoms. The van der Waals surface area contributed by atoms with E-state index in [9.17, 15) is 14.0 Å². The first-order valence-corrected chi connectivity index (χ1v) is 15.6. The van der Waals surface area contributed by atoms with Crippen molar-refractivity contribution in [2.45, 2.75) is 25.7 Å². The molecular formula is C34H36F2N4O5S. The lowest BCUT2D eigenvalue weighted by Gasteiger charge is -2.17. The Morgan fingerprint density at radius 3 is 2.26 bits per heavy atom. The summed E-state index contributed by atoms with van der Waals surface area (Å²) >= 11 is 4.26. The van der Waals surface area contributed by atoms with Gasteiger partial charge in [-0.05, 0) is 93.6 Å². The average molecular weight is 651 g/mol. The summed E-state index contributed by atoms with van der Waals surface area (Å²) in [7, 11) is 3.61. The molecule has 0 radical (unpaired) electrons. The van der Waals surface area contributed by atoms with Crippen molar-refractivity contribution in [1.82, 2.24) is 9.88 Å². The molecule has 1 fully saturated rings. The minimum Gasteiger partial charge on any atom is -0.493 e. The summed E-state index contributed by atoms with van der Waals surface area (Å²) in [5.41, 5.74) is -0.147. The summed E-state index contributed by atoms with van der Waals surface area (Å²) in [6.45, 7) is 2.37. The van der Waals surface area contributed by atoms with E-state index in [1.54, 1.807) is 31.5 Å². The largest absolute Gasteiger partial charge is 0.493 e. The van der Waals surface area contributed by atoms with Crippen molar-refractivity contribution in [3.8, 4) is 23.0 Å². The molecule has 5 rings (SSSR count). The zero-order valence-corrected chi connectivity index (χ0v) is 26.5. The van der Waals surface area contributed by atoms with Crippen molar-refractivity contribution in [2.75, 3.05) is 50.2 Å². The third kappa shape index (κ3) is 7.86. The zero-order chi connectivity index (χ0) is 32.7. The molecule has 1 aromatic heterocycles. The number of hydrogen-bond acceptors (Lipinski definition) is 8. The van der Waals surface area contributed by atoms with Gasteiger partial charge < -0.3 is 29.7 Å². The number of nitrogens with one attached hydrogen (secondary N) is 2. The molecule has 1 saturated carbocycles. The molecule has 0 atom stereocenters. The smallest absolute Gasteiger partial charge is 0.240 e. The van der Waals surface area contributed by atoms with Crippen LogP contribution in [0.25, 0.3) is 10.9 Å². The molecule has 46 heavy (non-hydrogen) atoms. The molecule has 9 nitrogen and oxygen atoms in total. The molecule has 3 aromatic carbocycles. The van der Waals surface area contributed by atoms with Gasteiger partial charge in [-0.2, -0.15) is 12.6 Å². The van der Waals surface area contributed by atoms with Crippen LogP contribution in [-0.2, 0) is 9.59 Å². The number of fused-ring (bicyclic) bond motifs is 1. The summed E-state index contributed by atoms with van der Waals surface area (Å²) < 4.78 is 46.0. The molecule has 0 aliphatic heterocycles. The van der Waals surface area contributed by atoms with Gasteiger partial charge in [-0.1, -0.05) is 0 Å². The fourth-order valence-electron chi connectivity index (χ4n) is 4.96. The summed E-state index contributed by atoms with van der Waals surface area (Å²) in [6.07, 6.45) is 4.11. The molecule has 12 heteroatoms. The second-order valence-electron chi connectivity index (χ2n) is 11.2. The molecular weight excluding hydrogens is 614 g/mol. The molecule has 1 aliphatic rings. The van der Waals surface area contributed by atoms with Crippen molar-refractivity contribution < 1.29 is 32.6 Å². The number of ether oxygens (including phenoxy) is 3. The molecule has 242 valence electrons. The van der Waals surface area contributed by atoms with E-state index in [0.29, 0.717) is 53.3 Å². The highest BCUT2D eigenvalue weighted by molar-refractivity contribution is 7.80. The number of carbonyl (C=O) groups is 2. The number of pyridine rings is 1. The lowest BCUT2D eigenvalue weighted by atomic mass is 10.0. The minimum absolute atomic E-state index is 0.0676. The van der Waals surface area contributed by atoms with Gasteiger partial charge in [0.15, 0.2) is 23.1 Å². The second kappa shape index (κ2) is 14.8. The molecule has 1 aliphatic carbocycles. The Morgan fingerprint density at radius 2 is 1.59 bits per heavy atom. The number of anilines is 2. The van der Waals surface area contributed by atoms with E-state index >= 15 is 4.39 Å². The van der Waals surface area contributed by atoms with Gasteiger partial charge in [0, 0.05) is 41.6 Å². The molecule has 0 unspecified atom stereocenters. The topological polar surface area (TPSA) is 102 Å². The van der Waals surface area contributed by atoms with E-state index in [1.807, 2.05) is 0 Å². The standard InChI is InChI=1S/C34H36F2N4O5S/c1-40(16-4-18-46)15-3-17-44-31-21-27-25(20-30(31)43-2)28(11-14-37-27)45-29-10-9-24(19-26(29)36)39-33(42)34(12-13-34)32(41)38-23-7-5-22(35)6-8-23/h5-11,14,19-21,46H,3-4,12-13,15-18H2,1-2H3,(H,38,41)(H,39,42). The number of methoxy groups -OCH3 is 1. The number of carbonyl (C=O) groups excluding carboxylic acids is 2. The Labute approximate surface area is 271 Å². The minimum atomic E-state index is -1.28. The number of halogens is 2. The monoisotopic (exact) mass is 650 g/mol. The Hall–Kier alpha value is -4.42. The van der Waals surface area contributed by atoms with Gasteiger partial charge in [0.1, 0.15) is 17.0 Å². The van der Waals surface area contributed by atoms with Crippen molar-refractivity contribution in [3.05, 3.63) is 78.5 Å². The summed E-state index contributed by atoms with van der Waals surface area (Å²) in [5.74, 6) is -0.0267. The number of benzene rings is 3. The van der Waals surface area contributed by atoms with E-state index in [2.05, 4.69) is 40.2 Å². The molecule has 2 amide bonds. The highest BCUT2D eigenvalue weighted by Gasteiger charge is 2.56. The van der Waals surface area contributed by atoms with Crippen molar-refractivity contribution in [3.63, 3.8) is 0 Å². The number of nitrogens with zero attached hydrogens (tertiary/aromatic N) is 2. The molecule has 0 bridgehead atoms. The van der Waals surface area contributed by atoms with Gasteiger partial charge in [0.05, 0.1) is 19.2 Å². The van der Waals surface area contributed by atoms with Gasteiger partial charge in [0.2, 0.25) is 11.8 Å². The fourth-order valence-corrected chi connectivity index (χ4v) is 5.10. The van der Waals surface area contributed by atoms with E-state index in [-0.39, 0.29) is 11.4 Å². The van der Waals surface area contributed by atoms with Crippen molar-refractivity contribution in [1.29, 1.82) is 0 Å². The van der Waals surface area contributed by atoms with Crippen LogP contribution in [0.5, 0.6) is 23.0 Å². The zero-order valence-electron chi connectivity index (χ0n) is 25.6. The van der Waals surface area contributed by atoms with E-state index in [1.165, 1.54) is 36.4 Å². The Bertz CT molecular complexity index is 1700. The first-order valence-electron chi connectivity index (χ1n) is 15.0. The normalized spacial score (nSPS) is 13.3. The first-order chi connectivity index (χ1) is 22.2. The number of aromatic nitrogens is 1. The Balaban J connectivity index is 1.23. The van der Waals surface area contributed by atoms with Gasteiger partial charge in [-0.15, -0.1) is 0 Å². The van der Waals surface area contributed by atoms with Crippen LogP contribution in [0.3, 0.4) is 0 Å². The molecule has 1 heterocycles. The van der Waals surface area contributed by atoms with E-state index in [0.717, 1.165) is 37.8 Å². The lowest BCUT2D eigenvalue weighted by Crippen LogP contribution is -2.35. The van der Waals surface area contributed by atoms with Crippen LogP contribution in [0.15, 0.2) is 66.9 Å². The van der Waals surface area contributed by atoms with Crippen molar-refractivity contribution >= 4 is 46.7 Å². The van der Waals surface area contributed by atoms with Gasteiger partial charge >= 0.3 is 0 Å². The second-order valence-corrected chi connectivity index (χ2v) is 11.6. The lowest BCUT2D eigenvalue weighted by molar-refractivity contribution is -0.131. The van der Waals surface area contributed by atoms with Crippen LogP contribution < -0.4 is 24.8 Å². The van der Waals surface area contributed by atoms with Crippen LogP contribution in [0, 0.1) is 17.0 Å². The number of hydrogen-bond donors (Lipinski definition) is 3. The summed E-state index contributed by atoms with van der Waals surface area (Å²) in [4.78, 5) is 32.6. The number of rotatable bonds is 15. The highest BCUT2D eigenvalue weighted by atomic mass is 32.1. The van der Waals surface area contributed by atoms with Crippen LogP contribution in [-0.4, -0.2) is 61.3 Å². The highest BCUT2D eigenvalue weighted by Crippen LogP contribution is 2.47. The average Bonchev–Trinajstić information content (AvgIpc) is 3.87.